The van der Waals surface area contributed by atoms with Crippen LogP contribution in [-0.2, 0) is 0 Å². The van der Waals surface area contributed by atoms with Crippen LogP contribution in [0.5, 0.6) is 0 Å². The normalized spacial score (nSPS) is 10.9. The first-order chi connectivity index (χ1) is 4.68. The zero-order chi connectivity index (χ0) is 8.04. The fraction of sp³-hybridized carbons (Fsp3) is 0.900. The minimum Gasteiger partial charge on any atom is -0.337 e. The zero-order valence-electron chi connectivity index (χ0n) is 8.24. The molecule has 0 spiro atoms. The van der Waals surface area contributed by atoms with E-state index >= 15 is 0 Å². The summed E-state index contributed by atoms with van der Waals surface area (Å²) in [6, 6.07) is 0. The van der Waals surface area contributed by atoms with Crippen molar-refractivity contribution in [2.75, 3.05) is 0 Å². The van der Waals surface area contributed by atoms with Crippen molar-refractivity contribution in [3.05, 3.63) is 6.92 Å². The first kappa shape index (κ1) is 14.9. The number of hydrogen-bond donors (Lipinski definition) is 0. The van der Waals surface area contributed by atoms with E-state index in [0.717, 1.165) is 0 Å². The Morgan fingerprint density at radius 2 is 1.55 bits per heavy atom. The minimum absolute atomic E-state index is 0. The predicted octanol–water partition coefficient (Wildman–Crippen LogP) is 3.82. The van der Waals surface area contributed by atoms with Crippen LogP contribution in [0.1, 0.15) is 52.9 Å². The topological polar surface area (TPSA) is 0 Å². The van der Waals surface area contributed by atoms with Gasteiger partial charge in [0.05, 0.1) is 0 Å². The van der Waals surface area contributed by atoms with Crippen molar-refractivity contribution < 1.29 is 40.8 Å². The molecule has 66 valence electrons. The molecule has 0 aromatic carbocycles. The van der Waals surface area contributed by atoms with Crippen molar-refractivity contribution >= 4 is 0 Å². The van der Waals surface area contributed by atoms with Crippen molar-refractivity contribution in [3.8, 4) is 0 Å². The summed E-state index contributed by atoms with van der Waals surface area (Å²) >= 11 is 0. The van der Waals surface area contributed by atoms with E-state index in [2.05, 4.69) is 27.7 Å². The molecule has 0 atom stereocenters. The molecule has 0 saturated carbocycles. The van der Waals surface area contributed by atoms with Crippen molar-refractivity contribution in [2.45, 2.75) is 52.9 Å². The molecule has 0 radical (unpaired) electrons. The molecule has 0 saturated heterocycles. The fourth-order valence-electron chi connectivity index (χ4n) is 1.16. The number of unbranched alkanes of at least 4 members (excludes halogenated alkanes) is 1. The summed E-state index contributed by atoms with van der Waals surface area (Å²) in [4.78, 5) is 0. The molecular weight excluding hydrogens is 264 g/mol. The number of rotatable bonds is 5. The van der Waals surface area contributed by atoms with E-state index in [1.165, 1.54) is 32.1 Å². The van der Waals surface area contributed by atoms with Gasteiger partial charge in [0, 0.05) is 40.8 Å². The van der Waals surface area contributed by atoms with Crippen LogP contribution in [0.25, 0.3) is 0 Å². The van der Waals surface area contributed by atoms with Gasteiger partial charge in [0.25, 0.3) is 0 Å². The van der Waals surface area contributed by atoms with Crippen molar-refractivity contribution in [3.63, 3.8) is 0 Å². The largest absolute Gasteiger partial charge is 0.337 e. The third-order valence-electron chi connectivity index (χ3n) is 2.56. The smallest absolute Gasteiger partial charge is 0 e. The Morgan fingerprint density at radius 3 is 1.82 bits per heavy atom. The van der Waals surface area contributed by atoms with Crippen molar-refractivity contribution in [2.24, 2.45) is 5.41 Å². The van der Waals surface area contributed by atoms with Gasteiger partial charge in [-0.15, -0.1) is 0 Å². The second-order valence-electron chi connectivity index (χ2n) is 3.31. The summed E-state index contributed by atoms with van der Waals surface area (Å²) in [5, 5.41) is 0. The van der Waals surface area contributed by atoms with Gasteiger partial charge >= 0.3 is 0 Å². The molecule has 0 nitrogen and oxygen atoms in total. The van der Waals surface area contributed by atoms with E-state index in [4.69, 9.17) is 0 Å². The van der Waals surface area contributed by atoms with Gasteiger partial charge in [0.15, 0.2) is 0 Å². The van der Waals surface area contributed by atoms with Gasteiger partial charge in [-0.1, -0.05) is 52.9 Å². The van der Waals surface area contributed by atoms with Crippen molar-refractivity contribution in [1.29, 1.82) is 0 Å². The Labute approximate surface area is 105 Å². The molecule has 0 aromatic rings. The van der Waals surface area contributed by atoms with E-state index in [1.807, 2.05) is 0 Å². The van der Waals surface area contributed by atoms with E-state index in [9.17, 15) is 0 Å². The zero-order valence-corrected chi connectivity index (χ0v) is 11.5. The van der Waals surface area contributed by atoms with Crippen LogP contribution in [0.2, 0.25) is 0 Å². The van der Waals surface area contributed by atoms with Crippen LogP contribution < -0.4 is 0 Å². The Bertz CT molecular complexity index is 74.9. The van der Waals surface area contributed by atoms with E-state index in [0.29, 0.717) is 5.41 Å². The summed E-state index contributed by atoms with van der Waals surface area (Å²) < 4.78 is 0. The van der Waals surface area contributed by atoms with Gasteiger partial charge in [-0.3, -0.25) is 0 Å². The van der Waals surface area contributed by atoms with Crippen LogP contribution in [0.15, 0.2) is 0 Å². The summed E-state index contributed by atoms with van der Waals surface area (Å²) in [5.74, 6) is 0. The third-order valence-corrected chi connectivity index (χ3v) is 2.56. The van der Waals surface area contributed by atoms with E-state index < -0.39 is 0 Å². The van der Waals surface area contributed by atoms with Crippen LogP contribution >= 0.6 is 0 Å². The first-order valence-electron chi connectivity index (χ1n) is 4.54. The fourth-order valence-corrected chi connectivity index (χ4v) is 1.16. The number of hydrogen-bond acceptors (Lipinski definition) is 0. The molecular formula is C10H21Nd-. The quantitative estimate of drug-likeness (QED) is 0.674. The molecule has 0 fully saturated rings. The van der Waals surface area contributed by atoms with Crippen molar-refractivity contribution in [1.82, 2.24) is 0 Å². The maximum absolute atomic E-state index is 4.24. The molecule has 0 bridgehead atoms. The van der Waals surface area contributed by atoms with Gasteiger partial charge in [-0.05, 0) is 0 Å². The maximum Gasteiger partial charge on any atom is 0 e. The van der Waals surface area contributed by atoms with Gasteiger partial charge in [-0.2, -0.15) is 5.41 Å². The standard InChI is InChI=1S/C10H21.Nd/c1-5-8-9-10(4,6-2)7-3;/h4-9H2,1-3H3;/q-1;. The average molecular weight is 286 g/mol. The molecule has 0 unspecified atom stereocenters. The molecule has 0 aliphatic heterocycles. The Balaban J connectivity index is 0. The Hall–Kier alpha value is 1.35. The molecule has 0 amide bonds. The van der Waals surface area contributed by atoms with Gasteiger partial charge in [-0.25, -0.2) is 0 Å². The van der Waals surface area contributed by atoms with Crippen LogP contribution in [0.4, 0.5) is 0 Å². The maximum atomic E-state index is 4.24. The van der Waals surface area contributed by atoms with E-state index in [1.54, 1.807) is 0 Å². The second kappa shape index (κ2) is 7.97. The summed E-state index contributed by atoms with van der Waals surface area (Å²) in [7, 11) is 0. The molecule has 1 heteroatoms. The summed E-state index contributed by atoms with van der Waals surface area (Å²) in [5.41, 5.74) is 0.385. The molecule has 0 aliphatic rings. The van der Waals surface area contributed by atoms with Gasteiger partial charge in [0.1, 0.15) is 0 Å². The summed E-state index contributed by atoms with van der Waals surface area (Å²) in [6.07, 6.45) is 6.39. The van der Waals surface area contributed by atoms with E-state index in [-0.39, 0.29) is 40.8 Å². The molecule has 0 aromatic heterocycles. The molecule has 0 aliphatic carbocycles. The summed E-state index contributed by atoms with van der Waals surface area (Å²) in [6.45, 7) is 11.0. The van der Waals surface area contributed by atoms with Crippen LogP contribution in [-0.4, -0.2) is 0 Å². The van der Waals surface area contributed by atoms with Crippen LogP contribution in [0, 0.1) is 53.2 Å². The average Bonchev–Trinajstić information content (AvgIpc) is 2.00. The monoisotopic (exact) mass is 283 g/mol. The Kier molecular flexibility index (Phi) is 10.8. The first-order valence-corrected chi connectivity index (χ1v) is 4.54. The Morgan fingerprint density at radius 1 is 1.09 bits per heavy atom. The van der Waals surface area contributed by atoms with Gasteiger partial charge in [0.2, 0.25) is 0 Å². The third kappa shape index (κ3) is 6.51. The minimum atomic E-state index is 0. The van der Waals surface area contributed by atoms with Crippen LogP contribution in [0.3, 0.4) is 0 Å². The predicted molar refractivity (Wildman–Crippen MR) is 47.9 cm³/mol. The molecule has 0 heterocycles. The SMILES string of the molecule is [CH2-]C(CC)(CC)CCCC.[Nd]. The van der Waals surface area contributed by atoms with Gasteiger partial charge < -0.3 is 6.92 Å². The second-order valence-corrected chi connectivity index (χ2v) is 3.31. The molecule has 11 heavy (non-hydrogen) atoms. The molecule has 0 rings (SSSR count). The molecule has 0 N–H and O–H groups in total.